The first kappa shape index (κ1) is 14.3. The summed E-state index contributed by atoms with van der Waals surface area (Å²) in [6, 6.07) is 8.22. The van der Waals surface area contributed by atoms with Crippen molar-refractivity contribution < 1.29 is 4.74 Å². The fraction of sp³-hybridized carbons (Fsp3) is 0.500. The van der Waals surface area contributed by atoms with E-state index in [4.69, 9.17) is 4.74 Å². The lowest BCUT2D eigenvalue weighted by molar-refractivity contribution is 0.391. The Bertz CT molecular complexity index is 276. The van der Waals surface area contributed by atoms with Gasteiger partial charge < -0.3 is 9.64 Å². The van der Waals surface area contributed by atoms with Crippen molar-refractivity contribution in [3.05, 3.63) is 29.8 Å². The van der Waals surface area contributed by atoms with Crippen LogP contribution in [0.4, 0.5) is 0 Å². The fourth-order valence-electron chi connectivity index (χ4n) is 1.50. The molecule has 1 aromatic rings. The molecular weight excluding hydrogens is 210 g/mol. The van der Waals surface area contributed by atoms with E-state index in [1.807, 2.05) is 12.1 Å². The molecule has 0 aliphatic carbocycles. The van der Waals surface area contributed by atoms with Crippen molar-refractivity contribution in [2.45, 2.75) is 12.8 Å². The molecule has 0 heterocycles. The highest BCUT2D eigenvalue weighted by molar-refractivity contribution is 5.85. The van der Waals surface area contributed by atoms with E-state index < -0.39 is 0 Å². The van der Waals surface area contributed by atoms with Crippen LogP contribution < -0.4 is 4.74 Å². The summed E-state index contributed by atoms with van der Waals surface area (Å²) in [5, 5.41) is 0. The van der Waals surface area contributed by atoms with E-state index in [0.717, 1.165) is 18.7 Å². The molecule has 2 nitrogen and oxygen atoms in total. The second kappa shape index (κ2) is 7.55. The van der Waals surface area contributed by atoms with E-state index in [1.54, 1.807) is 7.11 Å². The summed E-state index contributed by atoms with van der Waals surface area (Å²) >= 11 is 0. The van der Waals surface area contributed by atoms with Crippen molar-refractivity contribution in [1.82, 2.24) is 4.90 Å². The van der Waals surface area contributed by atoms with Gasteiger partial charge in [0.1, 0.15) is 5.75 Å². The molecule has 1 rings (SSSR count). The molecule has 0 bridgehead atoms. The Kier molecular flexibility index (Phi) is 7.18. The SMILES string of the molecule is COc1ccccc1CCCN(C)C.Cl. The number of ether oxygens (including phenoxy) is 1. The minimum absolute atomic E-state index is 0. The topological polar surface area (TPSA) is 12.5 Å². The number of para-hydroxylation sites is 1. The third kappa shape index (κ3) is 5.05. The van der Waals surface area contributed by atoms with Gasteiger partial charge in [-0.25, -0.2) is 0 Å². The Balaban J connectivity index is 0.00000196. The minimum atomic E-state index is 0. The number of rotatable bonds is 5. The molecule has 0 fully saturated rings. The average Bonchev–Trinajstić information content (AvgIpc) is 2.18. The number of aryl methyl sites for hydroxylation is 1. The summed E-state index contributed by atoms with van der Waals surface area (Å²) in [7, 11) is 5.93. The zero-order valence-corrected chi connectivity index (χ0v) is 10.5. The van der Waals surface area contributed by atoms with Crippen molar-refractivity contribution in [3.63, 3.8) is 0 Å². The fourth-order valence-corrected chi connectivity index (χ4v) is 1.50. The van der Waals surface area contributed by atoms with Crippen LogP contribution in [0.1, 0.15) is 12.0 Å². The van der Waals surface area contributed by atoms with Gasteiger partial charge in [0.05, 0.1) is 7.11 Å². The molecule has 86 valence electrons. The number of methoxy groups -OCH3 is 1. The molecule has 0 unspecified atom stereocenters. The summed E-state index contributed by atoms with van der Waals surface area (Å²) < 4.78 is 5.29. The molecule has 0 N–H and O–H groups in total. The van der Waals surface area contributed by atoms with Crippen LogP contribution in [0, 0.1) is 0 Å². The van der Waals surface area contributed by atoms with E-state index in [0.29, 0.717) is 0 Å². The predicted molar refractivity (Wildman–Crippen MR) is 67.1 cm³/mol. The van der Waals surface area contributed by atoms with Crippen molar-refractivity contribution in [1.29, 1.82) is 0 Å². The van der Waals surface area contributed by atoms with E-state index in [-0.39, 0.29) is 12.4 Å². The van der Waals surface area contributed by atoms with E-state index in [2.05, 4.69) is 31.1 Å². The summed E-state index contributed by atoms with van der Waals surface area (Å²) in [4.78, 5) is 2.20. The summed E-state index contributed by atoms with van der Waals surface area (Å²) in [5.74, 6) is 1.01. The van der Waals surface area contributed by atoms with E-state index in [1.165, 1.54) is 12.0 Å². The second-order valence-electron chi connectivity index (χ2n) is 3.72. The first-order chi connectivity index (χ1) is 6.74. The van der Waals surface area contributed by atoms with Gasteiger partial charge in [-0.15, -0.1) is 12.4 Å². The smallest absolute Gasteiger partial charge is 0.122 e. The molecule has 0 amide bonds. The molecule has 0 spiro atoms. The Morgan fingerprint density at radius 3 is 2.47 bits per heavy atom. The normalized spacial score (nSPS) is 9.87. The van der Waals surface area contributed by atoms with Crippen LogP contribution in [0.2, 0.25) is 0 Å². The number of benzene rings is 1. The average molecular weight is 230 g/mol. The van der Waals surface area contributed by atoms with Crippen molar-refractivity contribution in [3.8, 4) is 5.75 Å². The lowest BCUT2D eigenvalue weighted by Gasteiger charge is -2.11. The zero-order valence-electron chi connectivity index (χ0n) is 9.69. The quantitative estimate of drug-likeness (QED) is 0.770. The molecule has 15 heavy (non-hydrogen) atoms. The van der Waals surface area contributed by atoms with E-state index >= 15 is 0 Å². The van der Waals surface area contributed by atoms with E-state index in [9.17, 15) is 0 Å². The third-order valence-corrected chi connectivity index (χ3v) is 2.24. The molecule has 0 aromatic heterocycles. The maximum atomic E-state index is 5.29. The van der Waals surface area contributed by atoms with Gasteiger partial charge in [-0.05, 0) is 45.1 Å². The van der Waals surface area contributed by atoms with Gasteiger partial charge in [0.2, 0.25) is 0 Å². The number of hydrogen-bond donors (Lipinski definition) is 0. The third-order valence-electron chi connectivity index (χ3n) is 2.24. The van der Waals surface area contributed by atoms with Crippen molar-refractivity contribution in [2.24, 2.45) is 0 Å². The van der Waals surface area contributed by atoms with Crippen LogP contribution in [-0.2, 0) is 6.42 Å². The summed E-state index contributed by atoms with van der Waals surface area (Å²) in [6.45, 7) is 1.12. The minimum Gasteiger partial charge on any atom is -0.496 e. The predicted octanol–water partition coefficient (Wildman–Crippen LogP) is 2.61. The van der Waals surface area contributed by atoms with Gasteiger partial charge >= 0.3 is 0 Å². The highest BCUT2D eigenvalue weighted by atomic mass is 35.5. The molecule has 0 atom stereocenters. The molecule has 0 radical (unpaired) electrons. The first-order valence-corrected chi connectivity index (χ1v) is 5.00. The zero-order chi connectivity index (χ0) is 10.4. The second-order valence-corrected chi connectivity index (χ2v) is 3.72. The number of nitrogens with zero attached hydrogens (tertiary/aromatic N) is 1. The Morgan fingerprint density at radius 2 is 1.87 bits per heavy atom. The van der Waals surface area contributed by atoms with Gasteiger partial charge in [-0.2, -0.15) is 0 Å². The number of halogens is 1. The molecule has 0 saturated heterocycles. The summed E-state index contributed by atoms with van der Waals surface area (Å²) in [6.07, 6.45) is 2.26. The number of hydrogen-bond acceptors (Lipinski definition) is 2. The van der Waals surface area contributed by atoms with Crippen LogP contribution >= 0.6 is 12.4 Å². The van der Waals surface area contributed by atoms with Crippen LogP contribution in [0.3, 0.4) is 0 Å². The van der Waals surface area contributed by atoms with Crippen molar-refractivity contribution in [2.75, 3.05) is 27.7 Å². The van der Waals surface area contributed by atoms with Gasteiger partial charge in [0, 0.05) is 0 Å². The molecule has 0 aliphatic heterocycles. The highest BCUT2D eigenvalue weighted by Gasteiger charge is 2.00. The maximum Gasteiger partial charge on any atom is 0.122 e. The van der Waals surface area contributed by atoms with Crippen LogP contribution in [0.15, 0.2) is 24.3 Å². The molecule has 0 aliphatic rings. The molecular formula is C12H20ClNO. The Hall–Kier alpha value is -0.730. The van der Waals surface area contributed by atoms with Crippen molar-refractivity contribution >= 4 is 12.4 Å². The summed E-state index contributed by atoms with van der Waals surface area (Å²) in [5.41, 5.74) is 1.30. The lowest BCUT2D eigenvalue weighted by Crippen LogP contribution is -2.13. The van der Waals surface area contributed by atoms with Gasteiger partial charge in [-0.3, -0.25) is 0 Å². The van der Waals surface area contributed by atoms with Crippen LogP contribution in [-0.4, -0.2) is 32.6 Å². The molecule has 1 aromatic carbocycles. The van der Waals surface area contributed by atoms with Crippen LogP contribution in [0.5, 0.6) is 5.75 Å². The standard InChI is InChI=1S/C12H19NO.ClH/c1-13(2)10-6-8-11-7-4-5-9-12(11)14-3;/h4-5,7,9H,6,8,10H2,1-3H3;1H. The first-order valence-electron chi connectivity index (χ1n) is 5.00. The molecule has 0 saturated carbocycles. The Morgan fingerprint density at radius 1 is 1.20 bits per heavy atom. The van der Waals surface area contributed by atoms with Gasteiger partial charge in [0.25, 0.3) is 0 Å². The van der Waals surface area contributed by atoms with Crippen LogP contribution in [0.25, 0.3) is 0 Å². The lowest BCUT2D eigenvalue weighted by atomic mass is 10.1. The maximum absolute atomic E-state index is 5.29. The molecule has 3 heteroatoms. The highest BCUT2D eigenvalue weighted by Crippen LogP contribution is 2.18. The monoisotopic (exact) mass is 229 g/mol. The van der Waals surface area contributed by atoms with Gasteiger partial charge in [-0.1, -0.05) is 18.2 Å². The Labute approximate surface area is 98.6 Å². The largest absolute Gasteiger partial charge is 0.496 e. The van der Waals surface area contributed by atoms with Gasteiger partial charge in [0.15, 0.2) is 0 Å².